The molecule has 1 aliphatic carbocycles. The maximum absolute atomic E-state index is 11.9. The molecule has 2 rings (SSSR count). The van der Waals surface area contributed by atoms with Crippen molar-refractivity contribution in [2.45, 2.75) is 39.2 Å². The first-order valence-corrected chi connectivity index (χ1v) is 7.66. The molecule has 1 saturated carbocycles. The summed E-state index contributed by atoms with van der Waals surface area (Å²) in [5, 5.41) is 13.5. The lowest BCUT2D eigenvalue weighted by atomic mass is 9.67. The van der Waals surface area contributed by atoms with Gasteiger partial charge in [-0.15, -0.1) is 11.3 Å². The van der Waals surface area contributed by atoms with Crippen LogP contribution in [0.2, 0.25) is 0 Å². The second-order valence-corrected chi connectivity index (χ2v) is 6.33. The van der Waals surface area contributed by atoms with Crippen molar-refractivity contribution >= 4 is 17.3 Å². The number of nitrogens with zero attached hydrogens (tertiary/aromatic N) is 1. The van der Waals surface area contributed by atoms with Gasteiger partial charge in [-0.2, -0.15) is 0 Å². The number of hydrogen-bond acceptors (Lipinski definition) is 5. The summed E-state index contributed by atoms with van der Waals surface area (Å²) < 4.78 is 5.13. The Hall–Kier alpha value is -0.940. The van der Waals surface area contributed by atoms with Crippen molar-refractivity contribution in [1.29, 1.82) is 0 Å². The second-order valence-electron chi connectivity index (χ2n) is 5.44. The van der Waals surface area contributed by atoms with Crippen LogP contribution in [-0.2, 0) is 15.1 Å². The number of carbonyl (C=O) groups excluding carboxylic acids is 1. The molecule has 1 aromatic rings. The van der Waals surface area contributed by atoms with Crippen molar-refractivity contribution in [1.82, 2.24) is 4.98 Å². The summed E-state index contributed by atoms with van der Waals surface area (Å²) in [5.74, 6) is -0.147. The van der Waals surface area contributed by atoms with Crippen LogP contribution in [-0.4, -0.2) is 22.7 Å². The van der Waals surface area contributed by atoms with Gasteiger partial charge in [0.1, 0.15) is 10.6 Å². The number of aromatic nitrogens is 1. The fourth-order valence-electron chi connectivity index (χ4n) is 2.96. The van der Waals surface area contributed by atoms with E-state index in [0.29, 0.717) is 19.4 Å². The Morgan fingerprint density at radius 3 is 2.95 bits per heavy atom. The van der Waals surface area contributed by atoms with E-state index in [0.717, 1.165) is 5.01 Å². The van der Waals surface area contributed by atoms with Gasteiger partial charge in [0.05, 0.1) is 12.5 Å². The monoisotopic (exact) mass is 283 g/mol. The van der Waals surface area contributed by atoms with Crippen LogP contribution in [0.15, 0.2) is 11.6 Å². The van der Waals surface area contributed by atoms with E-state index in [1.807, 2.05) is 26.2 Å². The number of thiazole rings is 1. The summed E-state index contributed by atoms with van der Waals surface area (Å²) in [6.07, 6.45) is 2.92. The number of hydrogen-bond donors (Lipinski definition) is 1. The van der Waals surface area contributed by atoms with Crippen LogP contribution in [0, 0.1) is 17.8 Å². The predicted octanol–water partition coefficient (Wildman–Crippen LogP) is 2.58. The summed E-state index contributed by atoms with van der Waals surface area (Å²) in [6.45, 7) is 6.22. The normalized spacial score (nSPS) is 35.1. The second kappa shape index (κ2) is 5.59. The van der Waals surface area contributed by atoms with E-state index in [-0.39, 0.29) is 23.7 Å². The molecule has 1 fully saturated rings. The number of aliphatic hydroxyl groups is 1. The third-order valence-electron chi connectivity index (χ3n) is 4.13. The standard InChI is InChI=1S/C14H21NO3S/c1-4-18-12(16)11-7-10(3)14(17,8-9(11)2)13-15-5-6-19-13/h5-6,9-11,17H,4,7-8H2,1-3H3. The van der Waals surface area contributed by atoms with E-state index in [2.05, 4.69) is 4.98 Å². The first-order chi connectivity index (χ1) is 8.99. The van der Waals surface area contributed by atoms with Crippen molar-refractivity contribution in [3.63, 3.8) is 0 Å². The molecule has 1 aromatic heterocycles. The molecule has 1 heterocycles. The van der Waals surface area contributed by atoms with Gasteiger partial charge in [0, 0.05) is 11.6 Å². The molecule has 0 amide bonds. The van der Waals surface area contributed by atoms with Gasteiger partial charge in [-0.1, -0.05) is 13.8 Å². The predicted molar refractivity (Wildman–Crippen MR) is 73.7 cm³/mol. The van der Waals surface area contributed by atoms with E-state index in [1.165, 1.54) is 11.3 Å². The molecule has 19 heavy (non-hydrogen) atoms. The molecule has 0 aliphatic heterocycles. The van der Waals surface area contributed by atoms with Crippen LogP contribution < -0.4 is 0 Å². The Morgan fingerprint density at radius 1 is 1.63 bits per heavy atom. The molecule has 1 N–H and O–H groups in total. The Bertz CT molecular complexity index is 434. The fourth-order valence-corrected chi connectivity index (χ4v) is 3.82. The van der Waals surface area contributed by atoms with Crippen LogP contribution >= 0.6 is 11.3 Å². The number of esters is 1. The van der Waals surface area contributed by atoms with Crippen LogP contribution in [0.5, 0.6) is 0 Å². The molecule has 106 valence electrons. The van der Waals surface area contributed by atoms with Gasteiger partial charge in [0.25, 0.3) is 0 Å². The Kier molecular flexibility index (Phi) is 4.26. The first-order valence-electron chi connectivity index (χ1n) is 6.78. The van der Waals surface area contributed by atoms with Gasteiger partial charge in [-0.3, -0.25) is 4.79 Å². The van der Waals surface area contributed by atoms with E-state index in [9.17, 15) is 9.90 Å². The maximum atomic E-state index is 11.9. The molecule has 4 nitrogen and oxygen atoms in total. The lowest BCUT2D eigenvalue weighted by Gasteiger charge is -2.42. The molecule has 1 aliphatic rings. The number of carbonyl (C=O) groups is 1. The molecule has 0 spiro atoms. The van der Waals surface area contributed by atoms with Gasteiger partial charge in [-0.05, 0) is 31.6 Å². The van der Waals surface area contributed by atoms with E-state index < -0.39 is 5.60 Å². The summed E-state index contributed by atoms with van der Waals surface area (Å²) in [5.41, 5.74) is -0.906. The zero-order valence-electron chi connectivity index (χ0n) is 11.6. The third-order valence-corrected chi connectivity index (χ3v) is 5.07. The topological polar surface area (TPSA) is 59.4 Å². The highest BCUT2D eigenvalue weighted by Crippen LogP contribution is 2.47. The summed E-state index contributed by atoms with van der Waals surface area (Å²) in [4.78, 5) is 16.2. The molecular weight excluding hydrogens is 262 g/mol. The van der Waals surface area contributed by atoms with Crippen molar-refractivity contribution in [2.75, 3.05) is 6.61 Å². The summed E-state index contributed by atoms with van der Waals surface area (Å²) >= 11 is 1.48. The average Bonchev–Trinajstić information content (AvgIpc) is 2.88. The van der Waals surface area contributed by atoms with Crippen LogP contribution in [0.1, 0.15) is 38.6 Å². The van der Waals surface area contributed by atoms with E-state index >= 15 is 0 Å². The van der Waals surface area contributed by atoms with Gasteiger partial charge in [0.2, 0.25) is 0 Å². The molecule has 4 atom stereocenters. The van der Waals surface area contributed by atoms with Gasteiger partial charge in [-0.25, -0.2) is 4.98 Å². The molecule has 0 saturated heterocycles. The smallest absolute Gasteiger partial charge is 0.309 e. The first kappa shape index (κ1) is 14.5. The quantitative estimate of drug-likeness (QED) is 0.866. The third kappa shape index (κ3) is 2.67. The van der Waals surface area contributed by atoms with Gasteiger partial charge in [0.15, 0.2) is 0 Å². The SMILES string of the molecule is CCOC(=O)C1CC(C)C(O)(c2nccs2)CC1C. The van der Waals surface area contributed by atoms with Gasteiger partial charge < -0.3 is 9.84 Å². The minimum atomic E-state index is -0.906. The Morgan fingerprint density at radius 2 is 2.37 bits per heavy atom. The molecular formula is C14H21NO3S. The van der Waals surface area contributed by atoms with E-state index in [1.54, 1.807) is 6.20 Å². The zero-order valence-corrected chi connectivity index (χ0v) is 12.4. The number of rotatable bonds is 3. The molecule has 0 radical (unpaired) electrons. The summed E-state index contributed by atoms with van der Waals surface area (Å²) in [7, 11) is 0. The van der Waals surface area contributed by atoms with Crippen LogP contribution in [0.4, 0.5) is 0 Å². The molecule has 0 bridgehead atoms. The zero-order chi connectivity index (χ0) is 14.0. The molecule has 5 heteroatoms. The van der Waals surface area contributed by atoms with Crippen molar-refractivity contribution in [2.24, 2.45) is 17.8 Å². The highest BCUT2D eigenvalue weighted by atomic mass is 32.1. The van der Waals surface area contributed by atoms with Crippen LogP contribution in [0.25, 0.3) is 0 Å². The van der Waals surface area contributed by atoms with Crippen molar-refractivity contribution < 1.29 is 14.6 Å². The Labute approximate surface area is 117 Å². The van der Waals surface area contributed by atoms with E-state index in [4.69, 9.17) is 4.74 Å². The average molecular weight is 283 g/mol. The maximum Gasteiger partial charge on any atom is 0.309 e. The highest BCUT2D eigenvalue weighted by molar-refractivity contribution is 7.09. The minimum Gasteiger partial charge on any atom is -0.466 e. The molecule has 4 unspecified atom stereocenters. The Balaban J connectivity index is 2.16. The number of ether oxygens (including phenoxy) is 1. The van der Waals surface area contributed by atoms with Crippen molar-refractivity contribution in [3.05, 3.63) is 16.6 Å². The van der Waals surface area contributed by atoms with Crippen LogP contribution in [0.3, 0.4) is 0 Å². The molecule has 0 aromatic carbocycles. The highest BCUT2D eigenvalue weighted by Gasteiger charge is 2.48. The lowest BCUT2D eigenvalue weighted by Crippen LogP contribution is -2.45. The minimum absolute atomic E-state index is 0.00394. The summed E-state index contributed by atoms with van der Waals surface area (Å²) in [6, 6.07) is 0. The lowest BCUT2D eigenvalue weighted by molar-refractivity contribution is -0.158. The van der Waals surface area contributed by atoms with Crippen molar-refractivity contribution in [3.8, 4) is 0 Å². The largest absolute Gasteiger partial charge is 0.466 e. The fraction of sp³-hybridized carbons (Fsp3) is 0.714. The van der Waals surface area contributed by atoms with Gasteiger partial charge >= 0.3 is 5.97 Å².